The number of hydrogen-bond acceptors (Lipinski definition) is 2. The summed E-state index contributed by atoms with van der Waals surface area (Å²) >= 11 is 0. The molecule has 0 radical (unpaired) electrons. The Balaban J connectivity index is 2.40. The largest absolute Gasteiger partial charge is 0.469 e. The molecule has 1 aliphatic rings. The molecule has 2 nitrogen and oxygen atoms in total. The molecule has 0 N–H and O–H groups in total. The molecule has 0 aromatic carbocycles. The van der Waals surface area contributed by atoms with E-state index in [0.29, 0.717) is 0 Å². The number of methoxy groups -OCH3 is 1. The molecule has 0 amide bonds. The summed E-state index contributed by atoms with van der Waals surface area (Å²) < 4.78 is 4.53. The molecule has 0 fully saturated rings. The molecule has 2 heteroatoms. The van der Waals surface area contributed by atoms with Crippen molar-refractivity contribution in [1.29, 1.82) is 0 Å². The van der Waals surface area contributed by atoms with E-state index in [1.165, 1.54) is 12.7 Å². The Morgan fingerprint density at radius 2 is 2.44 bits per heavy atom. The van der Waals surface area contributed by atoms with Crippen LogP contribution in [0.1, 0.15) is 13.3 Å². The van der Waals surface area contributed by atoms with Gasteiger partial charge in [-0.2, -0.15) is 0 Å². The van der Waals surface area contributed by atoms with Crippen molar-refractivity contribution >= 4 is 5.97 Å². The third-order valence-corrected chi connectivity index (χ3v) is 1.55. The number of rotatable bonds is 2. The first-order chi connectivity index (χ1) is 4.25. The molecule has 0 spiro atoms. The highest BCUT2D eigenvalue weighted by molar-refractivity contribution is 5.76. The second-order valence-electron chi connectivity index (χ2n) is 2.23. The molecule has 0 bridgehead atoms. The van der Waals surface area contributed by atoms with Crippen molar-refractivity contribution in [3.05, 3.63) is 11.6 Å². The topological polar surface area (TPSA) is 26.3 Å². The normalized spacial score (nSPS) is 18.2. The second kappa shape index (κ2) is 2.21. The molecule has 0 saturated heterocycles. The van der Waals surface area contributed by atoms with Crippen LogP contribution in [-0.4, -0.2) is 13.1 Å². The Hall–Kier alpha value is -0.790. The molecular formula is C7H10O2. The molecular weight excluding hydrogens is 116 g/mol. The number of esters is 1. The van der Waals surface area contributed by atoms with E-state index in [1.807, 2.05) is 13.0 Å². The Labute approximate surface area is 54.5 Å². The van der Waals surface area contributed by atoms with Gasteiger partial charge < -0.3 is 4.74 Å². The zero-order chi connectivity index (χ0) is 6.85. The van der Waals surface area contributed by atoms with E-state index in [4.69, 9.17) is 0 Å². The van der Waals surface area contributed by atoms with Crippen molar-refractivity contribution in [3.63, 3.8) is 0 Å². The fraction of sp³-hybridized carbons (Fsp3) is 0.571. The maximum Gasteiger partial charge on any atom is 0.312 e. The van der Waals surface area contributed by atoms with Crippen LogP contribution in [0.3, 0.4) is 0 Å². The Bertz CT molecular complexity index is 158. The maximum atomic E-state index is 10.7. The average Bonchev–Trinajstić information content (AvgIpc) is 2.66. The number of ether oxygens (including phenoxy) is 1. The van der Waals surface area contributed by atoms with Gasteiger partial charge in [0.2, 0.25) is 0 Å². The molecule has 1 rings (SSSR count). The minimum Gasteiger partial charge on any atom is -0.469 e. The summed E-state index contributed by atoms with van der Waals surface area (Å²) in [5, 5.41) is 0. The quantitative estimate of drug-likeness (QED) is 0.409. The van der Waals surface area contributed by atoms with Crippen LogP contribution in [0.4, 0.5) is 0 Å². The minimum atomic E-state index is -0.126. The lowest BCUT2D eigenvalue weighted by Crippen LogP contribution is -2.10. The molecule has 1 aliphatic carbocycles. The van der Waals surface area contributed by atoms with Gasteiger partial charge in [0.1, 0.15) is 0 Å². The summed E-state index contributed by atoms with van der Waals surface area (Å²) in [6.45, 7) is 1.87. The van der Waals surface area contributed by atoms with Crippen LogP contribution in [0, 0.1) is 5.92 Å². The van der Waals surface area contributed by atoms with Crippen LogP contribution < -0.4 is 0 Å². The molecule has 0 heterocycles. The SMILES string of the molecule is COC(=O)C(C)C1=CC1. The standard InChI is InChI=1S/C7H10O2/c1-5(6-3-4-6)7(8)9-2/h3,5H,4H2,1-2H3. The van der Waals surface area contributed by atoms with E-state index in [-0.39, 0.29) is 11.9 Å². The zero-order valence-electron chi connectivity index (χ0n) is 5.68. The van der Waals surface area contributed by atoms with E-state index in [1.54, 1.807) is 0 Å². The van der Waals surface area contributed by atoms with Gasteiger partial charge in [-0.25, -0.2) is 0 Å². The third-order valence-electron chi connectivity index (χ3n) is 1.55. The van der Waals surface area contributed by atoms with Crippen LogP contribution >= 0.6 is 0 Å². The van der Waals surface area contributed by atoms with Gasteiger partial charge in [-0.05, 0) is 13.3 Å². The number of carbonyl (C=O) groups excluding carboxylic acids is 1. The molecule has 50 valence electrons. The van der Waals surface area contributed by atoms with Gasteiger partial charge >= 0.3 is 5.97 Å². The summed E-state index contributed by atoms with van der Waals surface area (Å²) in [7, 11) is 1.42. The van der Waals surface area contributed by atoms with Crippen LogP contribution in [0.15, 0.2) is 11.6 Å². The minimum absolute atomic E-state index is 0.00463. The van der Waals surface area contributed by atoms with Gasteiger partial charge in [0.15, 0.2) is 0 Å². The highest BCUT2D eigenvalue weighted by Gasteiger charge is 2.22. The average molecular weight is 126 g/mol. The summed E-state index contributed by atoms with van der Waals surface area (Å²) in [5.74, 6) is -0.131. The Morgan fingerprint density at radius 1 is 1.89 bits per heavy atom. The number of allylic oxidation sites excluding steroid dienone is 1. The van der Waals surface area contributed by atoms with Crippen LogP contribution in [-0.2, 0) is 9.53 Å². The van der Waals surface area contributed by atoms with Gasteiger partial charge in [-0.1, -0.05) is 11.6 Å². The number of carbonyl (C=O) groups is 1. The summed E-state index contributed by atoms with van der Waals surface area (Å²) in [6.07, 6.45) is 3.04. The van der Waals surface area contributed by atoms with E-state index in [2.05, 4.69) is 4.74 Å². The lowest BCUT2D eigenvalue weighted by atomic mass is 10.1. The van der Waals surface area contributed by atoms with Crippen molar-refractivity contribution in [2.75, 3.05) is 7.11 Å². The highest BCUT2D eigenvalue weighted by atomic mass is 16.5. The first-order valence-electron chi connectivity index (χ1n) is 3.02. The molecule has 9 heavy (non-hydrogen) atoms. The molecule has 1 atom stereocenters. The van der Waals surface area contributed by atoms with Gasteiger partial charge in [-0.15, -0.1) is 0 Å². The first-order valence-corrected chi connectivity index (χ1v) is 3.02. The third kappa shape index (κ3) is 1.31. The van der Waals surface area contributed by atoms with Crippen molar-refractivity contribution in [2.45, 2.75) is 13.3 Å². The van der Waals surface area contributed by atoms with Crippen LogP contribution in [0.25, 0.3) is 0 Å². The Morgan fingerprint density at radius 3 is 2.78 bits per heavy atom. The first kappa shape index (κ1) is 6.33. The lowest BCUT2D eigenvalue weighted by Gasteiger charge is -2.02. The van der Waals surface area contributed by atoms with Crippen LogP contribution in [0.2, 0.25) is 0 Å². The predicted octanol–water partition coefficient (Wildman–Crippen LogP) is 1.13. The molecule has 0 saturated carbocycles. The Kier molecular flexibility index (Phi) is 1.56. The van der Waals surface area contributed by atoms with Gasteiger partial charge in [0.05, 0.1) is 13.0 Å². The van der Waals surface area contributed by atoms with Gasteiger partial charge in [-0.3, -0.25) is 4.79 Å². The second-order valence-corrected chi connectivity index (χ2v) is 2.23. The fourth-order valence-electron chi connectivity index (χ4n) is 0.741. The van der Waals surface area contributed by atoms with E-state index >= 15 is 0 Å². The maximum absolute atomic E-state index is 10.7. The van der Waals surface area contributed by atoms with E-state index in [9.17, 15) is 4.79 Å². The lowest BCUT2D eigenvalue weighted by molar-refractivity contribution is -0.143. The number of hydrogen-bond donors (Lipinski definition) is 0. The van der Waals surface area contributed by atoms with Crippen molar-refractivity contribution in [2.24, 2.45) is 5.92 Å². The predicted molar refractivity (Wildman–Crippen MR) is 33.9 cm³/mol. The summed E-state index contributed by atoms with van der Waals surface area (Å²) in [6, 6.07) is 0. The molecule has 1 unspecified atom stereocenters. The van der Waals surface area contributed by atoms with Crippen molar-refractivity contribution in [3.8, 4) is 0 Å². The molecule has 0 aliphatic heterocycles. The van der Waals surface area contributed by atoms with Crippen molar-refractivity contribution < 1.29 is 9.53 Å². The highest BCUT2D eigenvalue weighted by Crippen LogP contribution is 2.27. The van der Waals surface area contributed by atoms with Gasteiger partial charge in [0.25, 0.3) is 0 Å². The van der Waals surface area contributed by atoms with E-state index in [0.717, 1.165) is 6.42 Å². The van der Waals surface area contributed by atoms with Gasteiger partial charge in [0, 0.05) is 0 Å². The fourth-order valence-corrected chi connectivity index (χ4v) is 0.741. The van der Waals surface area contributed by atoms with Crippen molar-refractivity contribution in [1.82, 2.24) is 0 Å². The summed E-state index contributed by atoms with van der Waals surface area (Å²) in [5.41, 5.74) is 1.21. The molecule has 0 aromatic rings. The van der Waals surface area contributed by atoms with Crippen LogP contribution in [0.5, 0.6) is 0 Å². The van der Waals surface area contributed by atoms with E-state index < -0.39 is 0 Å². The summed E-state index contributed by atoms with van der Waals surface area (Å²) in [4.78, 5) is 10.7. The smallest absolute Gasteiger partial charge is 0.312 e. The molecule has 0 aromatic heterocycles. The monoisotopic (exact) mass is 126 g/mol. The zero-order valence-corrected chi connectivity index (χ0v) is 5.68.